The monoisotopic (exact) mass is 354 g/mol. The fourth-order valence-electron chi connectivity index (χ4n) is 2.85. The topological polar surface area (TPSA) is 90.5 Å². The molecule has 7 heteroatoms. The van der Waals surface area contributed by atoms with Crippen LogP contribution in [0.1, 0.15) is 21.5 Å². The van der Waals surface area contributed by atoms with Gasteiger partial charge in [-0.2, -0.15) is 0 Å². The number of esters is 1. The summed E-state index contributed by atoms with van der Waals surface area (Å²) in [4.78, 5) is 36.0. The zero-order valence-electron chi connectivity index (χ0n) is 14.7. The van der Waals surface area contributed by atoms with Crippen LogP contribution >= 0.6 is 0 Å². The van der Waals surface area contributed by atoms with Crippen molar-refractivity contribution in [1.29, 1.82) is 0 Å². The van der Waals surface area contributed by atoms with E-state index in [-0.39, 0.29) is 23.6 Å². The summed E-state index contributed by atoms with van der Waals surface area (Å²) in [6.07, 6.45) is 0. The second kappa shape index (κ2) is 6.87. The van der Waals surface area contributed by atoms with Gasteiger partial charge < -0.3 is 14.5 Å². The third-order valence-corrected chi connectivity index (χ3v) is 3.90. The standard InChI is InChI=1S/C19H18N2O5/c1-11-6-12(2)8-14(7-11)20-17(22)10-21-15-5-4-13(18(23)25-3)9-16(15)26-19(21)24/h4-9H,10H2,1-3H3,(H,20,22). The molecule has 1 aromatic heterocycles. The van der Waals surface area contributed by atoms with Crippen molar-refractivity contribution in [2.24, 2.45) is 0 Å². The highest BCUT2D eigenvalue weighted by atomic mass is 16.5. The van der Waals surface area contributed by atoms with Crippen LogP contribution in [0.15, 0.2) is 45.6 Å². The molecule has 0 unspecified atom stereocenters. The van der Waals surface area contributed by atoms with Crippen molar-refractivity contribution < 1.29 is 18.7 Å². The van der Waals surface area contributed by atoms with E-state index in [1.807, 2.05) is 32.0 Å². The lowest BCUT2D eigenvalue weighted by Crippen LogP contribution is -2.24. The molecule has 3 rings (SSSR count). The van der Waals surface area contributed by atoms with Crippen LogP contribution < -0.4 is 11.1 Å². The van der Waals surface area contributed by atoms with E-state index in [2.05, 4.69) is 10.1 Å². The number of anilines is 1. The number of amides is 1. The van der Waals surface area contributed by atoms with Crippen molar-refractivity contribution in [3.05, 3.63) is 63.6 Å². The molecule has 0 bridgehead atoms. The summed E-state index contributed by atoms with van der Waals surface area (Å²) < 4.78 is 11.0. The summed E-state index contributed by atoms with van der Waals surface area (Å²) in [6, 6.07) is 10.2. The lowest BCUT2D eigenvalue weighted by molar-refractivity contribution is -0.116. The molecule has 3 aromatic rings. The fraction of sp³-hybridized carbons (Fsp3) is 0.211. The smallest absolute Gasteiger partial charge is 0.420 e. The molecule has 26 heavy (non-hydrogen) atoms. The molecular formula is C19H18N2O5. The van der Waals surface area contributed by atoms with Crippen molar-refractivity contribution in [3.63, 3.8) is 0 Å². The van der Waals surface area contributed by atoms with Gasteiger partial charge in [-0.15, -0.1) is 0 Å². The Bertz CT molecular complexity index is 1040. The molecule has 0 aliphatic heterocycles. The van der Waals surface area contributed by atoms with Gasteiger partial charge in [0.15, 0.2) is 5.58 Å². The number of aromatic nitrogens is 1. The number of methoxy groups -OCH3 is 1. The average molecular weight is 354 g/mol. The molecule has 1 heterocycles. The first-order chi connectivity index (χ1) is 12.4. The molecule has 0 atom stereocenters. The number of benzene rings is 2. The zero-order chi connectivity index (χ0) is 18.8. The number of carbonyl (C=O) groups is 2. The summed E-state index contributed by atoms with van der Waals surface area (Å²) in [5.41, 5.74) is 3.64. The van der Waals surface area contributed by atoms with Gasteiger partial charge in [0.25, 0.3) is 0 Å². The second-order valence-electron chi connectivity index (χ2n) is 6.05. The maximum absolute atomic E-state index is 12.3. The molecule has 0 aliphatic carbocycles. The Morgan fingerprint density at radius 2 is 1.81 bits per heavy atom. The van der Waals surface area contributed by atoms with Crippen molar-refractivity contribution in [3.8, 4) is 0 Å². The van der Waals surface area contributed by atoms with E-state index in [1.165, 1.54) is 23.8 Å². The maximum Gasteiger partial charge on any atom is 0.420 e. The third kappa shape index (κ3) is 3.51. The van der Waals surface area contributed by atoms with Gasteiger partial charge in [0, 0.05) is 5.69 Å². The predicted molar refractivity (Wildman–Crippen MR) is 96.4 cm³/mol. The van der Waals surface area contributed by atoms with E-state index >= 15 is 0 Å². The Hall–Kier alpha value is -3.35. The van der Waals surface area contributed by atoms with Gasteiger partial charge >= 0.3 is 11.7 Å². The van der Waals surface area contributed by atoms with E-state index in [0.717, 1.165) is 11.1 Å². The quantitative estimate of drug-likeness (QED) is 0.728. The highest BCUT2D eigenvalue weighted by Crippen LogP contribution is 2.17. The third-order valence-electron chi connectivity index (χ3n) is 3.90. The Kier molecular flexibility index (Phi) is 4.62. The van der Waals surface area contributed by atoms with E-state index in [9.17, 15) is 14.4 Å². The van der Waals surface area contributed by atoms with Crippen molar-refractivity contribution in [1.82, 2.24) is 4.57 Å². The Morgan fingerprint density at radius 1 is 1.12 bits per heavy atom. The molecule has 0 fully saturated rings. The summed E-state index contributed by atoms with van der Waals surface area (Å²) in [5, 5.41) is 2.78. The summed E-state index contributed by atoms with van der Waals surface area (Å²) in [5.74, 6) is -1.55. The van der Waals surface area contributed by atoms with Crippen molar-refractivity contribution in [2.45, 2.75) is 20.4 Å². The molecule has 0 radical (unpaired) electrons. The van der Waals surface area contributed by atoms with Crippen LogP contribution in [0.5, 0.6) is 0 Å². The summed E-state index contributed by atoms with van der Waals surface area (Å²) in [6.45, 7) is 3.68. The van der Waals surface area contributed by atoms with Crippen LogP contribution in [0.3, 0.4) is 0 Å². The van der Waals surface area contributed by atoms with Crippen LogP contribution in [-0.2, 0) is 16.1 Å². The Morgan fingerprint density at radius 3 is 2.46 bits per heavy atom. The molecule has 1 amide bonds. The van der Waals surface area contributed by atoms with Gasteiger partial charge in [0.2, 0.25) is 5.91 Å². The molecule has 0 saturated heterocycles. The van der Waals surface area contributed by atoms with Crippen LogP contribution in [0.2, 0.25) is 0 Å². The van der Waals surface area contributed by atoms with E-state index in [4.69, 9.17) is 4.42 Å². The van der Waals surface area contributed by atoms with Crippen molar-refractivity contribution in [2.75, 3.05) is 12.4 Å². The number of oxazole rings is 1. The van der Waals surface area contributed by atoms with Gasteiger partial charge in [0.05, 0.1) is 18.2 Å². The summed E-state index contributed by atoms with van der Waals surface area (Å²) >= 11 is 0. The zero-order valence-corrected chi connectivity index (χ0v) is 14.7. The highest BCUT2D eigenvalue weighted by molar-refractivity contribution is 5.94. The van der Waals surface area contributed by atoms with Crippen molar-refractivity contribution >= 4 is 28.7 Å². The molecular weight excluding hydrogens is 336 g/mol. The largest absolute Gasteiger partial charge is 0.465 e. The number of carbonyl (C=O) groups excluding carboxylic acids is 2. The molecule has 0 saturated carbocycles. The van der Waals surface area contributed by atoms with Gasteiger partial charge in [-0.25, -0.2) is 9.59 Å². The number of fused-ring (bicyclic) bond motifs is 1. The average Bonchev–Trinajstić information content (AvgIpc) is 2.88. The van der Waals surface area contributed by atoms with E-state index in [0.29, 0.717) is 11.2 Å². The maximum atomic E-state index is 12.3. The molecule has 0 aliphatic rings. The molecule has 2 aromatic carbocycles. The Balaban J connectivity index is 1.86. The minimum atomic E-state index is -0.669. The van der Waals surface area contributed by atoms with Crippen LogP contribution in [0.25, 0.3) is 11.1 Å². The number of aryl methyl sites for hydroxylation is 2. The molecule has 1 N–H and O–H groups in total. The number of nitrogens with zero attached hydrogens (tertiary/aromatic N) is 1. The van der Waals surface area contributed by atoms with Gasteiger partial charge in [-0.05, 0) is 55.3 Å². The second-order valence-corrected chi connectivity index (χ2v) is 6.05. The lowest BCUT2D eigenvalue weighted by atomic mass is 10.1. The first kappa shape index (κ1) is 17.5. The normalized spacial score (nSPS) is 10.7. The van der Waals surface area contributed by atoms with E-state index < -0.39 is 11.7 Å². The fourth-order valence-corrected chi connectivity index (χ4v) is 2.85. The van der Waals surface area contributed by atoms with Gasteiger partial charge in [0.1, 0.15) is 6.54 Å². The number of nitrogens with one attached hydrogen (secondary N) is 1. The number of hydrogen-bond donors (Lipinski definition) is 1. The lowest BCUT2D eigenvalue weighted by Gasteiger charge is -2.08. The molecule has 0 spiro atoms. The summed E-state index contributed by atoms with van der Waals surface area (Å²) in [7, 11) is 1.27. The predicted octanol–water partition coefficient (Wildman–Crippen LogP) is 2.64. The number of rotatable bonds is 4. The SMILES string of the molecule is COC(=O)c1ccc2c(c1)oc(=O)n2CC(=O)Nc1cc(C)cc(C)c1. The van der Waals surface area contributed by atoms with Crippen LogP contribution in [0, 0.1) is 13.8 Å². The molecule has 7 nitrogen and oxygen atoms in total. The number of hydrogen-bond acceptors (Lipinski definition) is 5. The van der Waals surface area contributed by atoms with Crippen LogP contribution in [0.4, 0.5) is 5.69 Å². The molecule has 134 valence electrons. The number of ether oxygens (including phenoxy) is 1. The van der Waals surface area contributed by atoms with Gasteiger partial charge in [-0.3, -0.25) is 9.36 Å². The minimum absolute atomic E-state index is 0.198. The van der Waals surface area contributed by atoms with E-state index in [1.54, 1.807) is 6.07 Å². The first-order valence-electron chi connectivity index (χ1n) is 7.97. The Labute approximate surface area is 149 Å². The van der Waals surface area contributed by atoms with Gasteiger partial charge in [-0.1, -0.05) is 6.07 Å². The highest BCUT2D eigenvalue weighted by Gasteiger charge is 2.15. The van der Waals surface area contributed by atoms with Crippen LogP contribution in [-0.4, -0.2) is 23.6 Å². The minimum Gasteiger partial charge on any atom is -0.465 e. The first-order valence-corrected chi connectivity index (χ1v) is 7.97.